The van der Waals surface area contributed by atoms with Gasteiger partial charge in [0.15, 0.2) is 0 Å². The molecule has 0 spiro atoms. The summed E-state index contributed by atoms with van der Waals surface area (Å²) in [4.78, 5) is 86.9. The summed E-state index contributed by atoms with van der Waals surface area (Å²) in [5.74, 6) is 2.46. The fourth-order valence-electron chi connectivity index (χ4n) is 6.55. The van der Waals surface area contributed by atoms with Gasteiger partial charge in [-0.05, 0) is 70.8 Å². The number of nitrogens with one attached hydrogen (secondary N) is 5. The van der Waals surface area contributed by atoms with E-state index in [-0.39, 0.29) is 41.6 Å². The molecule has 3 heterocycles. The molecule has 0 aliphatic carbocycles. The van der Waals surface area contributed by atoms with Crippen LogP contribution in [0.4, 0.5) is 0 Å². The zero-order chi connectivity index (χ0) is 49.0. The predicted molar refractivity (Wildman–Crippen MR) is 263 cm³/mol. The first-order valence-electron chi connectivity index (χ1n) is 23.1. The molecule has 1 aromatic heterocycles. The number of nitrogens with zero attached hydrogens (tertiary/aromatic N) is 2. The van der Waals surface area contributed by atoms with Crippen LogP contribution in [-0.2, 0) is 49.8 Å². The fraction of sp³-hybridized carbons (Fsp3) is 0.739. The zero-order valence-corrected chi connectivity index (χ0v) is 42.2. The number of primary amides is 2. The molecule has 17 nitrogen and oxygen atoms in total. The van der Waals surface area contributed by atoms with E-state index in [1.54, 1.807) is 30.6 Å². The average molecular weight is 954 g/mol. The van der Waals surface area contributed by atoms with Crippen LogP contribution in [0.1, 0.15) is 117 Å². The van der Waals surface area contributed by atoms with E-state index in [0.717, 1.165) is 87.1 Å². The summed E-state index contributed by atoms with van der Waals surface area (Å²) in [5, 5.41) is 14.5. The van der Waals surface area contributed by atoms with Crippen LogP contribution < -0.4 is 38.1 Å². The highest BCUT2D eigenvalue weighted by Crippen LogP contribution is 2.20. The molecular weight excluding hydrogens is 871 g/mol. The highest BCUT2D eigenvalue weighted by atomic mass is 32.2. The van der Waals surface area contributed by atoms with Gasteiger partial charge >= 0.3 is 0 Å². The lowest BCUT2D eigenvalue weighted by atomic mass is 9.91. The fourth-order valence-corrected chi connectivity index (χ4v) is 8.24. The number of carbonyl (C=O) groups excluding carboxylic acids is 7. The van der Waals surface area contributed by atoms with Crippen LogP contribution in [0.15, 0.2) is 18.2 Å². The summed E-state index contributed by atoms with van der Waals surface area (Å²) in [6.07, 6.45) is 9.48. The molecule has 9 N–H and O–H groups in total. The molecule has 3 rings (SSSR count). The Bertz CT molecular complexity index is 1510. The van der Waals surface area contributed by atoms with Crippen LogP contribution in [0.2, 0.25) is 0 Å². The summed E-state index contributed by atoms with van der Waals surface area (Å²) >= 11 is 3.34. The first-order valence-corrected chi connectivity index (χ1v) is 25.4. The number of unbranched alkanes of at least 4 members (excludes halogenated alkanes) is 1. The van der Waals surface area contributed by atoms with E-state index in [4.69, 9.17) is 21.2 Å². The van der Waals surface area contributed by atoms with Crippen molar-refractivity contribution >= 4 is 65.6 Å². The number of carbonyl (C=O) groups is 7. The van der Waals surface area contributed by atoms with E-state index in [9.17, 15) is 33.6 Å². The highest BCUT2D eigenvalue weighted by Gasteiger charge is 2.33. The van der Waals surface area contributed by atoms with Gasteiger partial charge in [0, 0.05) is 87.5 Å². The van der Waals surface area contributed by atoms with Crippen molar-refractivity contribution in [2.24, 2.45) is 23.3 Å². The molecule has 65 heavy (non-hydrogen) atoms. The van der Waals surface area contributed by atoms with Crippen molar-refractivity contribution in [3.05, 3.63) is 29.6 Å². The molecule has 0 radical (unpaired) electrons. The second kappa shape index (κ2) is 37.5. The molecule has 2 aliphatic rings. The van der Waals surface area contributed by atoms with Gasteiger partial charge in [-0.15, -0.1) is 0 Å². The van der Waals surface area contributed by atoms with Gasteiger partial charge in [0.25, 0.3) is 0 Å². The van der Waals surface area contributed by atoms with E-state index in [0.29, 0.717) is 69.3 Å². The number of pyridine rings is 1. The first-order chi connectivity index (χ1) is 31.0. The van der Waals surface area contributed by atoms with Crippen LogP contribution in [-0.4, -0.2) is 141 Å². The Morgan fingerprint density at radius 3 is 1.92 bits per heavy atom. The SMILES string of the molecule is CCCCC(N)=O.CC[C@H](C)[C@H](NC(=O)[C@H](CC(C)C)NC)C(N)=O.CNC.O=CCN1CCC(NC(=O)CCSCc2cccc(CSCCC(=O)NC3(C=O)CCOCC3)n2)CC1. The molecule has 0 bridgehead atoms. The van der Waals surface area contributed by atoms with Crippen LogP contribution in [0.5, 0.6) is 0 Å². The Morgan fingerprint density at radius 2 is 1.48 bits per heavy atom. The van der Waals surface area contributed by atoms with Gasteiger partial charge in [0.05, 0.1) is 29.5 Å². The molecular formula is C46H83N9O8S2. The largest absolute Gasteiger partial charge is 0.381 e. The molecule has 0 unspecified atom stereocenters. The normalized spacial score (nSPS) is 16.0. The molecule has 2 aliphatic heterocycles. The molecule has 5 amide bonds. The monoisotopic (exact) mass is 954 g/mol. The van der Waals surface area contributed by atoms with Gasteiger partial charge in [-0.1, -0.05) is 53.5 Å². The summed E-state index contributed by atoms with van der Waals surface area (Å²) in [6, 6.07) is 5.30. The van der Waals surface area contributed by atoms with Crippen molar-refractivity contribution in [1.82, 2.24) is 36.5 Å². The standard InChI is InChI=1S/C26H38N4O5S2.C13H27N3O2.C5H11NO.C2H7N/c31-13-12-30-10-4-21(5-11-30)28-24(33)6-16-36-18-22-2-1-3-23(27-22)19-37-17-7-25(34)29-26(20-32)8-14-35-15-9-26;1-6-9(4)11(12(14)17)16-13(18)10(15-5)7-8(2)3;1-2-3-4-5(6)7;1-3-2/h1-3,13,20-21H,4-12,14-19H2,(H,28,33)(H,29,34);8-11,15H,6-7H2,1-5H3,(H2,14,17)(H,16,18);2-4H2,1H3,(H2,6,7);3H,1-2H3/t;9-,10-,11-;;/m.0../s1. The van der Waals surface area contributed by atoms with Crippen LogP contribution in [0.3, 0.4) is 0 Å². The molecule has 0 aromatic carbocycles. The number of thioether (sulfide) groups is 2. The number of aromatic nitrogens is 1. The number of likely N-dealkylation sites (N-methyl/N-ethyl adjacent to an activating group) is 1. The zero-order valence-electron chi connectivity index (χ0n) is 40.5. The lowest BCUT2D eigenvalue weighted by Gasteiger charge is -2.32. The molecule has 0 saturated carbocycles. The second-order valence-corrected chi connectivity index (χ2v) is 19.0. The maximum absolute atomic E-state index is 12.3. The number of hydrogen-bond donors (Lipinski definition) is 7. The van der Waals surface area contributed by atoms with Crippen molar-refractivity contribution < 1.29 is 38.3 Å². The van der Waals surface area contributed by atoms with E-state index < -0.39 is 17.5 Å². The first kappa shape index (κ1) is 61.4. The third-order valence-corrected chi connectivity index (χ3v) is 12.5. The van der Waals surface area contributed by atoms with E-state index in [1.807, 2.05) is 53.1 Å². The lowest BCUT2D eigenvalue weighted by Crippen LogP contribution is -2.53. The number of amides is 5. The highest BCUT2D eigenvalue weighted by molar-refractivity contribution is 7.98. The van der Waals surface area contributed by atoms with Gasteiger partial charge in [-0.2, -0.15) is 23.5 Å². The van der Waals surface area contributed by atoms with Crippen LogP contribution in [0, 0.1) is 11.8 Å². The van der Waals surface area contributed by atoms with Gasteiger partial charge in [0.2, 0.25) is 29.5 Å². The molecule has 2 saturated heterocycles. The maximum Gasteiger partial charge on any atom is 0.240 e. The second-order valence-electron chi connectivity index (χ2n) is 16.8. The van der Waals surface area contributed by atoms with Gasteiger partial charge < -0.3 is 52.4 Å². The van der Waals surface area contributed by atoms with Gasteiger partial charge in [-0.3, -0.25) is 33.9 Å². The van der Waals surface area contributed by atoms with Crippen molar-refractivity contribution in [3.8, 4) is 0 Å². The van der Waals surface area contributed by atoms with Gasteiger partial charge in [0.1, 0.15) is 18.6 Å². The Hall–Kier alpha value is -3.62. The molecule has 2 fully saturated rings. The molecule has 3 atom stereocenters. The smallest absolute Gasteiger partial charge is 0.240 e. The van der Waals surface area contributed by atoms with Crippen molar-refractivity contribution in [2.45, 2.75) is 140 Å². The van der Waals surface area contributed by atoms with Crippen molar-refractivity contribution in [3.63, 3.8) is 0 Å². The van der Waals surface area contributed by atoms with Crippen LogP contribution >= 0.6 is 23.5 Å². The number of nitrogens with two attached hydrogens (primary N) is 2. The average Bonchev–Trinajstić information content (AvgIpc) is 3.28. The minimum atomic E-state index is -0.774. The van der Waals surface area contributed by atoms with E-state index >= 15 is 0 Å². The van der Waals surface area contributed by atoms with Crippen molar-refractivity contribution in [1.29, 1.82) is 0 Å². The summed E-state index contributed by atoms with van der Waals surface area (Å²) in [6.45, 7) is 13.2. The Balaban J connectivity index is 0.00000121. The maximum atomic E-state index is 12.3. The lowest BCUT2D eigenvalue weighted by molar-refractivity contribution is -0.129. The number of piperidine rings is 1. The van der Waals surface area contributed by atoms with E-state index in [2.05, 4.69) is 45.3 Å². The number of aldehydes is 2. The molecule has 372 valence electrons. The van der Waals surface area contributed by atoms with E-state index in [1.165, 1.54) is 0 Å². The summed E-state index contributed by atoms with van der Waals surface area (Å²) in [7, 11) is 5.50. The third kappa shape index (κ3) is 29.6. The van der Waals surface area contributed by atoms with Crippen LogP contribution in [0.25, 0.3) is 0 Å². The topological polar surface area (TPSA) is 257 Å². The van der Waals surface area contributed by atoms with Gasteiger partial charge in [-0.25, -0.2) is 0 Å². The van der Waals surface area contributed by atoms with Crippen molar-refractivity contribution in [2.75, 3.05) is 65.5 Å². The molecule has 1 aromatic rings. The number of likely N-dealkylation sites (tertiary alicyclic amines) is 1. The number of rotatable bonds is 26. The third-order valence-electron chi connectivity index (χ3n) is 10.6. The quantitative estimate of drug-likeness (QED) is 0.0521. The Kier molecular flexibility index (Phi) is 35.4. The summed E-state index contributed by atoms with van der Waals surface area (Å²) < 4.78 is 5.29. The predicted octanol–water partition coefficient (Wildman–Crippen LogP) is 3.11. The minimum Gasteiger partial charge on any atom is -0.381 e. The molecule has 19 heteroatoms. The Morgan fingerprint density at radius 1 is 0.908 bits per heavy atom. The Labute approximate surface area is 397 Å². The minimum absolute atomic E-state index is 0.0445. The summed E-state index contributed by atoms with van der Waals surface area (Å²) in [5.41, 5.74) is 11.3. The number of ether oxygens (including phenoxy) is 1. The number of hydrogen-bond acceptors (Lipinski definition) is 14.